The number of aliphatic carboxylic acids is 1. The maximum atomic E-state index is 12.2. The Bertz CT molecular complexity index is 798. The first-order valence-corrected chi connectivity index (χ1v) is 7.86. The van der Waals surface area contributed by atoms with E-state index < -0.39 is 5.97 Å². The average molecular weight is 315 g/mol. The number of pyridine rings is 1. The summed E-state index contributed by atoms with van der Waals surface area (Å²) in [5, 5.41) is 13.1. The highest BCUT2D eigenvalue weighted by Gasteiger charge is 2.16. The number of aromatic nitrogens is 1. The summed E-state index contributed by atoms with van der Waals surface area (Å²) in [4.78, 5) is 27.8. The second kappa shape index (κ2) is 6.42. The van der Waals surface area contributed by atoms with E-state index in [1.807, 2.05) is 30.1 Å². The van der Waals surface area contributed by atoms with Gasteiger partial charge < -0.3 is 20.3 Å². The number of carboxylic acids is 1. The van der Waals surface area contributed by atoms with E-state index in [0.717, 1.165) is 47.1 Å². The molecule has 0 aliphatic carbocycles. The molecule has 0 radical (unpaired) electrons. The van der Waals surface area contributed by atoms with Crippen LogP contribution in [-0.4, -0.2) is 41.1 Å². The molecule has 0 saturated heterocycles. The molecule has 2 aromatic rings. The Morgan fingerprint density at radius 1 is 1.39 bits per heavy atom. The van der Waals surface area contributed by atoms with Gasteiger partial charge in [0.25, 0.3) is 5.56 Å². The highest BCUT2D eigenvalue weighted by molar-refractivity contribution is 5.93. The predicted molar refractivity (Wildman–Crippen MR) is 90.0 cm³/mol. The van der Waals surface area contributed by atoms with Crippen LogP contribution in [0.4, 0.5) is 5.69 Å². The fourth-order valence-electron chi connectivity index (χ4n) is 3.08. The summed E-state index contributed by atoms with van der Waals surface area (Å²) in [7, 11) is 1.89. The summed E-state index contributed by atoms with van der Waals surface area (Å²) in [5.41, 5.74) is 3.66. The predicted octanol–water partition coefficient (Wildman–Crippen LogP) is 1.79. The SMILES string of the molecule is CN(CCC(=O)O)Cc1ccc2c3c(c(=O)[nH]c2c1)CCCN3. The van der Waals surface area contributed by atoms with Gasteiger partial charge in [-0.2, -0.15) is 0 Å². The topological polar surface area (TPSA) is 85.4 Å². The third-order valence-electron chi connectivity index (χ3n) is 4.24. The maximum absolute atomic E-state index is 12.2. The van der Waals surface area contributed by atoms with E-state index in [9.17, 15) is 9.59 Å². The first-order chi connectivity index (χ1) is 11.0. The quantitative estimate of drug-likeness (QED) is 0.783. The molecule has 0 spiro atoms. The number of rotatable bonds is 5. The highest BCUT2D eigenvalue weighted by atomic mass is 16.4. The van der Waals surface area contributed by atoms with Crippen molar-refractivity contribution in [3.63, 3.8) is 0 Å². The van der Waals surface area contributed by atoms with Gasteiger partial charge in [-0.1, -0.05) is 12.1 Å². The number of hydrogen-bond donors (Lipinski definition) is 3. The van der Waals surface area contributed by atoms with Gasteiger partial charge in [0.1, 0.15) is 0 Å². The highest BCUT2D eigenvalue weighted by Crippen LogP contribution is 2.28. The van der Waals surface area contributed by atoms with Crippen molar-refractivity contribution in [2.75, 3.05) is 25.5 Å². The van der Waals surface area contributed by atoms with Crippen molar-refractivity contribution in [1.29, 1.82) is 0 Å². The minimum Gasteiger partial charge on any atom is -0.481 e. The molecule has 0 bridgehead atoms. The third kappa shape index (κ3) is 3.37. The van der Waals surface area contributed by atoms with E-state index in [-0.39, 0.29) is 12.0 Å². The van der Waals surface area contributed by atoms with E-state index in [4.69, 9.17) is 5.11 Å². The van der Waals surface area contributed by atoms with Crippen molar-refractivity contribution in [3.05, 3.63) is 39.7 Å². The van der Waals surface area contributed by atoms with Crippen molar-refractivity contribution in [1.82, 2.24) is 9.88 Å². The fourth-order valence-corrected chi connectivity index (χ4v) is 3.08. The number of carbonyl (C=O) groups is 1. The minimum atomic E-state index is -0.794. The van der Waals surface area contributed by atoms with Crippen molar-refractivity contribution in [2.45, 2.75) is 25.8 Å². The second-order valence-corrected chi connectivity index (χ2v) is 6.10. The van der Waals surface area contributed by atoms with Crippen LogP contribution >= 0.6 is 0 Å². The van der Waals surface area contributed by atoms with Crippen molar-refractivity contribution < 1.29 is 9.90 Å². The molecule has 1 aliphatic heterocycles. The van der Waals surface area contributed by atoms with Gasteiger partial charge in [0.05, 0.1) is 17.6 Å². The monoisotopic (exact) mass is 315 g/mol. The van der Waals surface area contributed by atoms with Crippen molar-refractivity contribution in [3.8, 4) is 0 Å². The lowest BCUT2D eigenvalue weighted by atomic mass is 10.0. The van der Waals surface area contributed by atoms with E-state index in [0.29, 0.717) is 13.1 Å². The molecular formula is C17H21N3O3. The number of fused-ring (bicyclic) bond motifs is 3. The molecule has 1 aromatic carbocycles. The number of H-pyrrole nitrogens is 1. The van der Waals surface area contributed by atoms with Crippen LogP contribution in [0.5, 0.6) is 0 Å². The molecule has 1 aliphatic rings. The van der Waals surface area contributed by atoms with Crippen LogP contribution in [0, 0.1) is 0 Å². The molecule has 0 amide bonds. The summed E-state index contributed by atoms with van der Waals surface area (Å²) in [6.07, 6.45) is 1.92. The Morgan fingerprint density at radius 3 is 3.00 bits per heavy atom. The summed E-state index contributed by atoms with van der Waals surface area (Å²) in [5.74, 6) is -0.794. The number of nitrogens with zero attached hydrogens (tertiary/aromatic N) is 1. The Balaban J connectivity index is 1.87. The molecule has 0 fully saturated rings. The molecule has 6 heteroatoms. The molecule has 2 heterocycles. The number of carboxylic acid groups (broad SMARTS) is 1. The maximum Gasteiger partial charge on any atom is 0.304 e. The Labute approximate surface area is 134 Å². The lowest BCUT2D eigenvalue weighted by Gasteiger charge is -2.20. The van der Waals surface area contributed by atoms with E-state index in [2.05, 4.69) is 10.3 Å². The Hall–Kier alpha value is -2.34. The lowest BCUT2D eigenvalue weighted by Crippen LogP contribution is -2.23. The zero-order chi connectivity index (χ0) is 16.4. The molecule has 6 nitrogen and oxygen atoms in total. The Morgan fingerprint density at radius 2 is 2.22 bits per heavy atom. The molecular weight excluding hydrogens is 294 g/mol. The van der Waals surface area contributed by atoms with Crippen LogP contribution in [0.15, 0.2) is 23.0 Å². The number of benzene rings is 1. The molecule has 3 rings (SSSR count). The summed E-state index contributed by atoms with van der Waals surface area (Å²) < 4.78 is 0. The van der Waals surface area contributed by atoms with Gasteiger partial charge in [-0.15, -0.1) is 0 Å². The standard InChI is InChI=1S/C17H21N3O3/c1-20(8-6-15(21)22)10-11-4-5-12-14(9-11)19-17(23)13-3-2-7-18-16(12)13/h4-5,9,18H,2-3,6-8,10H2,1H3,(H,19,23)(H,21,22). The summed E-state index contributed by atoms with van der Waals surface area (Å²) >= 11 is 0. The summed E-state index contributed by atoms with van der Waals surface area (Å²) in [6.45, 7) is 2.04. The van der Waals surface area contributed by atoms with Gasteiger partial charge >= 0.3 is 5.97 Å². The van der Waals surface area contributed by atoms with Crippen molar-refractivity contribution >= 4 is 22.6 Å². The smallest absolute Gasteiger partial charge is 0.304 e. The molecule has 3 N–H and O–H groups in total. The van der Waals surface area contributed by atoms with Crippen LogP contribution in [0.3, 0.4) is 0 Å². The lowest BCUT2D eigenvalue weighted by molar-refractivity contribution is -0.137. The average Bonchev–Trinajstić information content (AvgIpc) is 2.53. The Kier molecular flexibility index (Phi) is 4.34. The molecule has 0 atom stereocenters. The molecule has 0 saturated carbocycles. The number of nitrogens with one attached hydrogen (secondary N) is 2. The van der Waals surface area contributed by atoms with Crippen LogP contribution in [-0.2, 0) is 17.8 Å². The summed E-state index contributed by atoms with van der Waals surface area (Å²) in [6, 6.07) is 6.04. The zero-order valence-electron chi connectivity index (χ0n) is 13.2. The third-order valence-corrected chi connectivity index (χ3v) is 4.24. The number of anilines is 1. The first-order valence-electron chi connectivity index (χ1n) is 7.86. The first kappa shape index (κ1) is 15.6. The zero-order valence-corrected chi connectivity index (χ0v) is 13.2. The molecule has 1 aromatic heterocycles. The molecule has 0 unspecified atom stereocenters. The van der Waals surface area contributed by atoms with E-state index in [1.54, 1.807) is 0 Å². The second-order valence-electron chi connectivity index (χ2n) is 6.10. The van der Waals surface area contributed by atoms with E-state index >= 15 is 0 Å². The normalized spacial score (nSPS) is 13.8. The number of hydrogen-bond acceptors (Lipinski definition) is 4. The number of aromatic amines is 1. The van der Waals surface area contributed by atoms with Crippen LogP contribution in [0.1, 0.15) is 24.0 Å². The van der Waals surface area contributed by atoms with E-state index in [1.165, 1.54) is 0 Å². The van der Waals surface area contributed by atoms with Crippen LogP contribution in [0.2, 0.25) is 0 Å². The fraction of sp³-hybridized carbons (Fsp3) is 0.412. The van der Waals surface area contributed by atoms with Gasteiger partial charge in [-0.25, -0.2) is 0 Å². The molecule has 122 valence electrons. The molecule has 23 heavy (non-hydrogen) atoms. The minimum absolute atomic E-state index is 0.0175. The van der Waals surface area contributed by atoms with Gasteiger partial charge in [-0.3, -0.25) is 9.59 Å². The van der Waals surface area contributed by atoms with Crippen molar-refractivity contribution in [2.24, 2.45) is 0 Å². The van der Waals surface area contributed by atoms with Crippen LogP contribution < -0.4 is 10.9 Å². The van der Waals surface area contributed by atoms with Gasteiger partial charge in [0.2, 0.25) is 0 Å². The van der Waals surface area contributed by atoms with Crippen LogP contribution in [0.25, 0.3) is 10.9 Å². The van der Waals surface area contributed by atoms with Gasteiger partial charge in [0, 0.05) is 30.6 Å². The van der Waals surface area contributed by atoms with Gasteiger partial charge in [0.15, 0.2) is 0 Å². The van der Waals surface area contributed by atoms with Gasteiger partial charge in [-0.05, 0) is 31.5 Å². The largest absolute Gasteiger partial charge is 0.481 e.